The first-order chi connectivity index (χ1) is 9.75. The molecular formula is C17H19NO2. The predicted octanol–water partition coefficient (Wildman–Crippen LogP) is 3.13. The molecule has 0 radical (unpaired) electrons. The fraction of sp³-hybridized carbons (Fsp3) is 0.353. The van der Waals surface area contributed by atoms with Gasteiger partial charge in [-0.2, -0.15) is 0 Å². The van der Waals surface area contributed by atoms with E-state index in [9.17, 15) is 5.11 Å². The quantitative estimate of drug-likeness (QED) is 0.931. The molecule has 0 bridgehead atoms. The maximum absolute atomic E-state index is 10.5. The standard InChI is InChI=1S/C17H19NO2/c1-12-14(7-4-9-18-12)16(19)11-17-15-6-3-2-5-13(15)8-10-20-17/h2-7,9,16-17,19H,8,10-11H2,1H3. The van der Waals surface area contributed by atoms with E-state index in [1.54, 1.807) is 6.20 Å². The molecule has 0 fully saturated rings. The van der Waals surface area contributed by atoms with Gasteiger partial charge in [0.15, 0.2) is 0 Å². The van der Waals surface area contributed by atoms with Crippen molar-refractivity contribution in [1.82, 2.24) is 4.98 Å². The van der Waals surface area contributed by atoms with Crippen LogP contribution >= 0.6 is 0 Å². The molecule has 3 heteroatoms. The number of fused-ring (bicyclic) bond motifs is 1. The molecule has 0 saturated heterocycles. The van der Waals surface area contributed by atoms with E-state index in [1.165, 1.54) is 11.1 Å². The third kappa shape index (κ3) is 2.60. The largest absolute Gasteiger partial charge is 0.388 e. The minimum absolute atomic E-state index is 0.0328. The lowest BCUT2D eigenvalue weighted by Crippen LogP contribution is -2.18. The molecule has 0 spiro atoms. The molecule has 104 valence electrons. The van der Waals surface area contributed by atoms with Gasteiger partial charge in [-0.1, -0.05) is 30.3 Å². The predicted molar refractivity (Wildman–Crippen MR) is 77.4 cm³/mol. The van der Waals surface area contributed by atoms with Crippen molar-refractivity contribution in [3.05, 3.63) is 65.0 Å². The van der Waals surface area contributed by atoms with E-state index in [0.29, 0.717) is 6.42 Å². The second kappa shape index (κ2) is 5.73. The van der Waals surface area contributed by atoms with Gasteiger partial charge in [0.2, 0.25) is 0 Å². The summed E-state index contributed by atoms with van der Waals surface area (Å²) in [5.74, 6) is 0. The molecule has 2 heterocycles. The van der Waals surface area contributed by atoms with Gasteiger partial charge < -0.3 is 9.84 Å². The highest BCUT2D eigenvalue weighted by Crippen LogP contribution is 2.34. The molecule has 3 nitrogen and oxygen atoms in total. The van der Waals surface area contributed by atoms with Crippen LogP contribution in [0.15, 0.2) is 42.6 Å². The average Bonchev–Trinajstić information content (AvgIpc) is 2.48. The minimum Gasteiger partial charge on any atom is -0.388 e. The van der Waals surface area contributed by atoms with Crippen LogP contribution in [0.1, 0.15) is 41.0 Å². The van der Waals surface area contributed by atoms with Crippen molar-refractivity contribution in [3.63, 3.8) is 0 Å². The van der Waals surface area contributed by atoms with E-state index >= 15 is 0 Å². The minimum atomic E-state index is -0.542. The molecule has 2 unspecified atom stereocenters. The van der Waals surface area contributed by atoms with Crippen LogP contribution in [-0.2, 0) is 11.2 Å². The fourth-order valence-corrected chi connectivity index (χ4v) is 2.85. The van der Waals surface area contributed by atoms with Crippen LogP contribution in [-0.4, -0.2) is 16.7 Å². The van der Waals surface area contributed by atoms with Crippen molar-refractivity contribution in [2.45, 2.75) is 32.0 Å². The molecule has 0 amide bonds. The summed E-state index contributed by atoms with van der Waals surface area (Å²) in [4.78, 5) is 4.24. The first-order valence-corrected chi connectivity index (χ1v) is 7.04. The molecule has 1 aliphatic heterocycles. The number of benzene rings is 1. The molecule has 1 aromatic heterocycles. The van der Waals surface area contributed by atoms with Gasteiger partial charge in [0.05, 0.1) is 18.8 Å². The second-order valence-electron chi connectivity index (χ2n) is 5.24. The van der Waals surface area contributed by atoms with Gasteiger partial charge in [0, 0.05) is 23.9 Å². The zero-order valence-electron chi connectivity index (χ0n) is 11.6. The zero-order chi connectivity index (χ0) is 13.9. The molecular weight excluding hydrogens is 250 g/mol. The third-order valence-corrected chi connectivity index (χ3v) is 3.94. The summed E-state index contributed by atoms with van der Waals surface area (Å²) in [6, 6.07) is 12.1. The first kappa shape index (κ1) is 13.3. The topological polar surface area (TPSA) is 42.4 Å². The Morgan fingerprint density at radius 1 is 1.30 bits per heavy atom. The highest BCUT2D eigenvalue weighted by atomic mass is 16.5. The van der Waals surface area contributed by atoms with Crippen molar-refractivity contribution in [2.75, 3.05) is 6.61 Å². The van der Waals surface area contributed by atoms with Gasteiger partial charge in [-0.15, -0.1) is 0 Å². The van der Waals surface area contributed by atoms with Crippen LogP contribution in [0.25, 0.3) is 0 Å². The van der Waals surface area contributed by atoms with Crippen LogP contribution in [0.2, 0.25) is 0 Å². The van der Waals surface area contributed by atoms with Crippen LogP contribution in [0.4, 0.5) is 0 Å². The van der Waals surface area contributed by atoms with Crippen LogP contribution in [0.3, 0.4) is 0 Å². The number of hydrogen-bond acceptors (Lipinski definition) is 3. The van der Waals surface area contributed by atoms with Gasteiger partial charge in [-0.05, 0) is 30.5 Å². The SMILES string of the molecule is Cc1ncccc1C(O)CC1OCCc2ccccc21. The van der Waals surface area contributed by atoms with E-state index in [2.05, 4.69) is 23.2 Å². The Kier molecular flexibility index (Phi) is 3.81. The van der Waals surface area contributed by atoms with Crippen molar-refractivity contribution < 1.29 is 9.84 Å². The smallest absolute Gasteiger partial charge is 0.0855 e. The Morgan fingerprint density at radius 2 is 2.15 bits per heavy atom. The Balaban J connectivity index is 1.81. The first-order valence-electron chi connectivity index (χ1n) is 7.04. The number of pyridine rings is 1. The summed E-state index contributed by atoms with van der Waals surface area (Å²) in [7, 11) is 0. The van der Waals surface area contributed by atoms with Gasteiger partial charge in [-0.25, -0.2) is 0 Å². The summed E-state index contributed by atoms with van der Waals surface area (Å²) < 4.78 is 5.86. The monoisotopic (exact) mass is 269 g/mol. The molecule has 1 aliphatic rings. The number of hydrogen-bond donors (Lipinski definition) is 1. The lowest BCUT2D eigenvalue weighted by atomic mass is 9.92. The summed E-state index contributed by atoms with van der Waals surface area (Å²) >= 11 is 0. The molecule has 0 saturated carbocycles. The number of aliphatic hydroxyl groups excluding tert-OH is 1. The summed E-state index contributed by atoms with van der Waals surface area (Å²) in [5.41, 5.74) is 4.31. The fourth-order valence-electron chi connectivity index (χ4n) is 2.85. The molecule has 1 N–H and O–H groups in total. The number of aromatic nitrogens is 1. The van der Waals surface area contributed by atoms with E-state index in [-0.39, 0.29) is 6.10 Å². The molecule has 3 rings (SSSR count). The molecule has 2 aromatic rings. The Labute approximate surface area is 119 Å². The maximum Gasteiger partial charge on any atom is 0.0855 e. The summed E-state index contributed by atoms with van der Waals surface area (Å²) in [6.07, 6.45) is 2.70. The number of nitrogens with zero attached hydrogens (tertiary/aromatic N) is 1. The molecule has 2 atom stereocenters. The van der Waals surface area contributed by atoms with Crippen LogP contribution in [0.5, 0.6) is 0 Å². The Morgan fingerprint density at radius 3 is 3.00 bits per heavy atom. The molecule has 0 aliphatic carbocycles. The highest BCUT2D eigenvalue weighted by Gasteiger charge is 2.24. The normalized spacial score (nSPS) is 19.4. The number of aliphatic hydroxyl groups is 1. The van der Waals surface area contributed by atoms with E-state index in [0.717, 1.165) is 24.3 Å². The summed E-state index contributed by atoms with van der Waals surface area (Å²) in [6.45, 7) is 2.65. The van der Waals surface area contributed by atoms with Gasteiger partial charge in [-0.3, -0.25) is 4.98 Å². The second-order valence-corrected chi connectivity index (χ2v) is 5.24. The Bertz CT molecular complexity index is 597. The van der Waals surface area contributed by atoms with Crippen molar-refractivity contribution in [2.24, 2.45) is 0 Å². The van der Waals surface area contributed by atoms with Gasteiger partial charge in [0.25, 0.3) is 0 Å². The van der Waals surface area contributed by atoms with Crippen molar-refractivity contribution in [1.29, 1.82) is 0 Å². The average molecular weight is 269 g/mol. The molecule has 20 heavy (non-hydrogen) atoms. The Hall–Kier alpha value is -1.71. The number of ether oxygens (including phenoxy) is 1. The van der Waals surface area contributed by atoms with Gasteiger partial charge >= 0.3 is 0 Å². The molecule has 1 aromatic carbocycles. The summed E-state index contributed by atoms with van der Waals surface area (Å²) in [5, 5.41) is 10.5. The lowest BCUT2D eigenvalue weighted by molar-refractivity contribution is 0.00356. The highest BCUT2D eigenvalue weighted by molar-refractivity contribution is 5.31. The van der Waals surface area contributed by atoms with E-state index in [1.807, 2.05) is 25.1 Å². The van der Waals surface area contributed by atoms with Crippen molar-refractivity contribution >= 4 is 0 Å². The van der Waals surface area contributed by atoms with Gasteiger partial charge in [0.1, 0.15) is 0 Å². The maximum atomic E-state index is 10.5. The van der Waals surface area contributed by atoms with E-state index in [4.69, 9.17) is 4.74 Å². The third-order valence-electron chi connectivity index (χ3n) is 3.94. The van der Waals surface area contributed by atoms with Crippen LogP contribution in [0, 0.1) is 6.92 Å². The van der Waals surface area contributed by atoms with Crippen molar-refractivity contribution in [3.8, 4) is 0 Å². The van der Waals surface area contributed by atoms with E-state index < -0.39 is 6.10 Å². The lowest BCUT2D eigenvalue weighted by Gasteiger charge is -2.28. The van der Waals surface area contributed by atoms with Crippen LogP contribution < -0.4 is 0 Å². The number of rotatable bonds is 3. The number of aryl methyl sites for hydroxylation is 1. The zero-order valence-corrected chi connectivity index (χ0v) is 11.6.